The molecule has 13 heavy (non-hydrogen) atoms. The summed E-state index contributed by atoms with van der Waals surface area (Å²) in [6.07, 6.45) is 10.4. The fraction of sp³-hybridized carbons (Fsp3) is 0.455. The van der Waals surface area contributed by atoms with Crippen molar-refractivity contribution in [3.05, 3.63) is 35.3 Å². The lowest BCUT2D eigenvalue weighted by Crippen LogP contribution is -1.96. The molecule has 1 fully saturated rings. The number of rotatable bonds is 2. The maximum absolute atomic E-state index is 10.7. The highest BCUT2D eigenvalue weighted by atomic mass is 32.2. The summed E-state index contributed by atoms with van der Waals surface area (Å²) in [5.74, 6) is 0. The summed E-state index contributed by atoms with van der Waals surface area (Å²) in [7, 11) is -0.836. The van der Waals surface area contributed by atoms with Crippen molar-refractivity contribution in [1.29, 1.82) is 0 Å². The highest BCUT2D eigenvalue weighted by Crippen LogP contribution is 2.26. The largest absolute Gasteiger partial charge is 0.255 e. The van der Waals surface area contributed by atoms with Crippen LogP contribution in [0.25, 0.3) is 0 Å². The Hall–Kier alpha value is -0.630. The Bertz CT molecular complexity index is 274. The van der Waals surface area contributed by atoms with E-state index in [1.54, 1.807) is 11.7 Å². The molecule has 2 heteroatoms. The van der Waals surface area contributed by atoms with Crippen LogP contribution in [0.3, 0.4) is 0 Å². The van der Waals surface area contributed by atoms with E-state index < -0.39 is 10.8 Å². The van der Waals surface area contributed by atoms with Crippen LogP contribution in [0.5, 0.6) is 0 Å². The van der Waals surface area contributed by atoms with E-state index in [0.29, 0.717) is 0 Å². The second-order valence-electron chi connectivity index (χ2n) is 3.33. The molecule has 0 bridgehead atoms. The van der Waals surface area contributed by atoms with Crippen LogP contribution in [0.15, 0.2) is 35.3 Å². The van der Waals surface area contributed by atoms with Crippen molar-refractivity contribution < 1.29 is 4.21 Å². The molecule has 0 heterocycles. The average molecular weight is 196 g/mol. The quantitative estimate of drug-likeness (QED) is 0.663. The van der Waals surface area contributed by atoms with Crippen LogP contribution in [0.4, 0.5) is 0 Å². The summed E-state index contributed by atoms with van der Waals surface area (Å²) in [5, 5.41) is 1.70. The molecule has 1 aliphatic rings. The van der Waals surface area contributed by atoms with Crippen molar-refractivity contribution >= 4 is 10.8 Å². The molecule has 1 atom stereocenters. The Morgan fingerprint density at radius 2 is 2.08 bits per heavy atom. The molecule has 0 aliphatic heterocycles. The molecule has 0 aromatic carbocycles. The molecule has 0 aromatic rings. The first-order chi connectivity index (χ1) is 6.20. The van der Waals surface area contributed by atoms with Gasteiger partial charge in [0.1, 0.15) is 0 Å². The van der Waals surface area contributed by atoms with Gasteiger partial charge in [-0.05, 0) is 31.3 Å². The van der Waals surface area contributed by atoms with Crippen LogP contribution in [-0.4, -0.2) is 10.5 Å². The third-order valence-corrected chi connectivity index (χ3v) is 2.74. The van der Waals surface area contributed by atoms with E-state index >= 15 is 0 Å². The average Bonchev–Trinajstić information content (AvgIpc) is 2.08. The lowest BCUT2D eigenvalue weighted by atomic mass is 9.90. The van der Waals surface area contributed by atoms with Gasteiger partial charge in [-0.1, -0.05) is 24.3 Å². The minimum Gasteiger partial charge on any atom is -0.255 e. The van der Waals surface area contributed by atoms with Gasteiger partial charge in [-0.2, -0.15) is 0 Å². The van der Waals surface area contributed by atoms with Crippen LogP contribution in [0, 0.1) is 0 Å². The Kier molecular flexibility index (Phi) is 4.16. The van der Waals surface area contributed by atoms with E-state index in [1.165, 1.54) is 24.0 Å². The van der Waals surface area contributed by atoms with Gasteiger partial charge in [0.2, 0.25) is 0 Å². The van der Waals surface area contributed by atoms with Gasteiger partial charge < -0.3 is 0 Å². The molecule has 1 rings (SSSR count). The highest BCUT2D eigenvalue weighted by Gasteiger charge is 2.07. The summed E-state index contributed by atoms with van der Waals surface area (Å²) in [6.45, 7) is 4.02. The van der Waals surface area contributed by atoms with E-state index in [4.69, 9.17) is 0 Å². The first-order valence-corrected chi connectivity index (χ1v) is 6.20. The number of allylic oxidation sites excluding steroid dienone is 4. The molecule has 0 aromatic heterocycles. The van der Waals surface area contributed by atoms with Crippen molar-refractivity contribution in [3.63, 3.8) is 0 Å². The first-order valence-electron chi connectivity index (χ1n) is 4.58. The van der Waals surface area contributed by atoms with Crippen LogP contribution in [0.1, 0.15) is 25.7 Å². The lowest BCUT2D eigenvalue weighted by Gasteiger charge is -2.15. The third-order valence-electron chi connectivity index (χ3n) is 2.20. The molecule has 0 spiro atoms. The smallest absolute Gasteiger partial charge is 0.0424 e. The second kappa shape index (κ2) is 5.18. The minimum atomic E-state index is -0.836. The van der Waals surface area contributed by atoms with E-state index in [-0.39, 0.29) is 0 Å². The fourth-order valence-corrected chi connectivity index (χ4v) is 1.76. The maximum Gasteiger partial charge on any atom is 0.0424 e. The standard InChI is InChI=1S/C11H16OS/c1-10-6-3-4-7-11(10)8-5-9-13(2)12/h5,8-9H,1,3-4,6-7H2,2H3/b9-5-,11-8-. The van der Waals surface area contributed by atoms with Crippen LogP contribution < -0.4 is 0 Å². The predicted molar refractivity (Wildman–Crippen MR) is 58.9 cm³/mol. The summed E-state index contributed by atoms with van der Waals surface area (Å²) in [4.78, 5) is 0. The molecule has 1 saturated carbocycles. The van der Waals surface area contributed by atoms with Gasteiger partial charge in [-0.15, -0.1) is 0 Å². The SMILES string of the molecule is C=C1CCCC/C1=C/C=C\S(C)=O. The zero-order valence-electron chi connectivity index (χ0n) is 8.08. The second-order valence-corrected chi connectivity index (χ2v) is 4.60. The molecule has 0 N–H and O–H groups in total. The van der Waals surface area contributed by atoms with Gasteiger partial charge in [0.05, 0.1) is 0 Å². The third kappa shape index (κ3) is 3.73. The summed E-state index contributed by atoms with van der Waals surface area (Å²) >= 11 is 0. The van der Waals surface area contributed by atoms with Gasteiger partial charge in [0, 0.05) is 22.5 Å². The summed E-state index contributed by atoms with van der Waals surface area (Å²) < 4.78 is 10.7. The van der Waals surface area contributed by atoms with Crippen molar-refractivity contribution in [1.82, 2.24) is 0 Å². The predicted octanol–water partition coefficient (Wildman–Crippen LogP) is 2.94. The molecular weight excluding hydrogens is 180 g/mol. The molecule has 0 radical (unpaired) electrons. The van der Waals surface area contributed by atoms with Crippen molar-refractivity contribution in [3.8, 4) is 0 Å². The van der Waals surface area contributed by atoms with Gasteiger partial charge in [-0.25, -0.2) is 0 Å². The van der Waals surface area contributed by atoms with E-state index in [9.17, 15) is 4.21 Å². The highest BCUT2D eigenvalue weighted by molar-refractivity contribution is 7.87. The minimum absolute atomic E-state index is 0.836. The lowest BCUT2D eigenvalue weighted by molar-refractivity contribution is 0.681. The first kappa shape index (κ1) is 10.5. The van der Waals surface area contributed by atoms with Crippen LogP contribution in [-0.2, 0) is 10.8 Å². The molecule has 1 aliphatic carbocycles. The van der Waals surface area contributed by atoms with Crippen molar-refractivity contribution in [2.75, 3.05) is 6.26 Å². The Labute approximate surface area is 82.7 Å². The number of hydrogen-bond donors (Lipinski definition) is 0. The van der Waals surface area contributed by atoms with Gasteiger partial charge in [0.15, 0.2) is 0 Å². The van der Waals surface area contributed by atoms with E-state index in [0.717, 1.165) is 12.8 Å². The zero-order valence-corrected chi connectivity index (χ0v) is 8.90. The Morgan fingerprint density at radius 3 is 2.69 bits per heavy atom. The van der Waals surface area contributed by atoms with Crippen LogP contribution >= 0.6 is 0 Å². The number of hydrogen-bond acceptors (Lipinski definition) is 1. The van der Waals surface area contributed by atoms with E-state index in [2.05, 4.69) is 6.58 Å². The molecule has 72 valence electrons. The Balaban J connectivity index is 2.58. The maximum atomic E-state index is 10.7. The molecule has 0 saturated heterocycles. The normalized spacial score (nSPS) is 24.1. The topological polar surface area (TPSA) is 17.1 Å². The van der Waals surface area contributed by atoms with Crippen LogP contribution in [0.2, 0.25) is 0 Å². The molecule has 1 nitrogen and oxygen atoms in total. The molecular formula is C11H16OS. The van der Waals surface area contributed by atoms with Gasteiger partial charge in [0.25, 0.3) is 0 Å². The summed E-state index contributed by atoms with van der Waals surface area (Å²) in [5.41, 5.74) is 2.57. The van der Waals surface area contributed by atoms with Crippen molar-refractivity contribution in [2.24, 2.45) is 0 Å². The van der Waals surface area contributed by atoms with Gasteiger partial charge >= 0.3 is 0 Å². The summed E-state index contributed by atoms with van der Waals surface area (Å²) in [6, 6.07) is 0. The molecule has 0 amide bonds. The molecule has 1 unspecified atom stereocenters. The Morgan fingerprint density at radius 1 is 1.38 bits per heavy atom. The zero-order chi connectivity index (χ0) is 9.68. The fourth-order valence-electron chi connectivity index (χ4n) is 1.46. The van der Waals surface area contributed by atoms with Crippen molar-refractivity contribution in [2.45, 2.75) is 25.7 Å². The monoisotopic (exact) mass is 196 g/mol. The van der Waals surface area contributed by atoms with Gasteiger partial charge in [-0.3, -0.25) is 4.21 Å². The van der Waals surface area contributed by atoms with E-state index in [1.807, 2.05) is 12.2 Å².